The number of barbiturate groups is 1. The van der Waals surface area contributed by atoms with E-state index in [9.17, 15) is 14.4 Å². The summed E-state index contributed by atoms with van der Waals surface area (Å²) in [7, 11) is 0. The summed E-state index contributed by atoms with van der Waals surface area (Å²) in [5, 5.41) is 0. The van der Waals surface area contributed by atoms with E-state index >= 15 is 0 Å². The van der Waals surface area contributed by atoms with Crippen LogP contribution in [0.1, 0.15) is 18.9 Å². The molecule has 23 heavy (non-hydrogen) atoms. The smallest absolute Gasteiger partial charge is 0.273 e. The van der Waals surface area contributed by atoms with Crippen molar-refractivity contribution in [1.29, 1.82) is 0 Å². The fourth-order valence-electron chi connectivity index (χ4n) is 2.83. The fourth-order valence-corrected chi connectivity index (χ4v) is 3.81. The summed E-state index contributed by atoms with van der Waals surface area (Å²) >= 11 is 2.77. The minimum Gasteiger partial charge on any atom is -0.273 e. The molecular weight excluding hydrogens is 332 g/mol. The van der Waals surface area contributed by atoms with Crippen molar-refractivity contribution in [2.45, 2.75) is 18.8 Å². The van der Waals surface area contributed by atoms with Crippen molar-refractivity contribution in [1.82, 2.24) is 9.80 Å². The lowest BCUT2D eigenvalue weighted by Crippen LogP contribution is -2.66. The van der Waals surface area contributed by atoms with Gasteiger partial charge in [-0.15, -0.1) is 23.5 Å². The highest BCUT2D eigenvalue weighted by atomic mass is 32.2. The second kappa shape index (κ2) is 7.40. The van der Waals surface area contributed by atoms with Crippen LogP contribution in [0.2, 0.25) is 0 Å². The number of amides is 4. The number of hydrogen-bond donors (Lipinski definition) is 0. The first-order valence-electron chi connectivity index (χ1n) is 7.25. The van der Waals surface area contributed by atoms with Crippen LogP contribution >= 0.6 is 23.5 Å². The number of nitrogens with zero attached hydrogens (tertiary/aromatic N) is 2. The Balaban J connectivity index is 2.60. The van der Waals surface area contributed by atoms with Gasteiger partial charge in [-0.05, 0) is 24.5 Å². The predicted molar refractivity (Wildman–Crippen MR) is 94.3 cm³/mol. The summed E-state index contributed by atoms with van der Waals surface area (Å²) in [5.41, 5.74) is -0.678. The van der Waals surface area contributed by atoms with E-state index in [0.29, 0.717) is 12.0 Å². The maximum atomic E-state index is 13.1. The Morgan fingerprint density at radius 1 is 0.913 bits per heavy atom. The van der Waals surface area contributed by atoms with Gasteiger partial charge in [-0.3, -0.25) is 19.4 Å². The van der Waals surface area contributed by atoms with Crippen LogP contribution in [0.4, 0.5) is 4.79 Å². The van der Waals surface area contributed by atoms with Gasteiger partial charge in [0.2, 0.25) is 0 Å². The monoisotopic (exact) mass is 352 g/mol. The first-order chi connectivity index (χ1) is 11.0. The van der Waals surface area contributed by atoms with Crippen molar-refractivity contribution in [2.24, 2.45) is 0 Å². The predicted octanol–water partition coefficient (Wildman–Crippen LogP) is 2.77. The Morgan fingerprint density at radius 2 is 1.39 bits per heavy atom. The molecule has 1 aromatic rings. The molecule has 5 nitrogen and oxygen atoms in total. The molecule has 124 valence electrons. The molecule has 0 aromatic heterocycles. The van der Waals surface area contributed by atoms with Gasteiger partial charge in [0.1, 0.15) is 0 Å². The summed E-state index contributed by atoms with van der Waals surface area (Å²) in [6.45, 7) is 1.81. The molecule has 0 N–H and O–H groups in total. The van der Waals surface area contributed by atoms with Gasteiger partial charge >= 0.3 is 6.03 Å². The Labute approximate surface area is 144 Å². The van der Waals surface area contributed by atoms with E-state index in [2.05, 4.69) is 0 Å². The molecule has 1 fully saturated rings. The van der Waals surface area contributed by atoms with Gasteiger partial charge in [0.15, 0.2) is 5.41 Å². The molecule has 4 amide bonds. The van der Waals surface area contributed by atoms with E-state index in [0.717, 1.165) is 0 Å². The molecule has 0 radical (unpaired) electrons. The minimum atomic E-state index is -1.32. The van der Waals surface area contributed by atoms with Crippen LogP contribution in [0.5, 0.6) is 0 Å². The van der Waals surface area contributed by atoms with E-state index < -0.39 is 23.3 Å². The number of carbonyl (C=O) groups excluding carboxylic acids is 3. The van der Waals surface area contributed by atoms with Gasteiger partial charge in [-0.2, -0.15) is 0 Å². The highest BCUT2D eigenvalue weighted by molar-refractivity contribution is 7.98. The summed E-state index contributed by atoms with van der Waals surface area (Å²) < 4.78 is 0. The van der Waals surface area contributed by atoms with Crippen LogP contribution < -0.4 is 0 Å². The zero-order valence-electron chi connectivity index (χ0n) is 13.4. The summed E-state index contributed by atoms with van der Waals surface area (Å²) in [4.78, 5) is 41.1. The molecule has 1 saturated heterocycles. The van der Waals surface area contributed by atoms with Crippen molar-refractivity contribution in [3.63, 3.8) is 0 Å². The van der Waals surface area contributed by atoms with Crippen LogP contribution in [0.25, 0.3) is 0 Å². The van der Waals surface area contributed by atoms with Gasteiger partial charge in [0.05, 0.1) is 11.8 Å². The summed E-state index contributed by atoms with van der Waals surface area (Å²) in [5.74, 6) is -0.366. The van der Waals surface area contributed by atoms with E-state index in [1.807, 2.05) is 37.6 Å². The first kappa shape index (κ1) is 17.9. The average molecular weight is 352 g/mol. The van der Waals surface area contributed by atoms with Crippen LogP contribution in [0, 0.1) is 0 Å². The second-order valence-corrected chi connectivity index (χ2v) is 6.88. The maximum Gasteiger partial charge on any atom is 0.334 e. The number of benzene rings is 1. The van der Waals surface area contributed by atoms with Gasteiger partial charge in [-0.1, -0.05) is 37.3 Å². The molecule has 2 rings (SSSR count). The molecule has 0 unspecified atom stereocenters. The molecule has 1 heterocycles. The normalized spacial score (nSPS) is 17.8. The zero-order valence-corrected chi connectivity index (χ0v) is 15.1. The van der Waals surface area contributed by atoms with Gasteiger partial charge in [0, 0.05) is 0 Å². The van der Waals surface area contributed by atoms with E-state index in [-0.39, 0.29) is 11.8 Å². The Hall–Kier alpha value is -1.47. The third kappa shape index (κ3) is 2.87. The van der Waals surface area contributed by atoms with E-state index in [1.54, 1.807) is 12.1 Å². The van der Waals surface area contributed by atoms with Crippen molar-refractivity contribution in [3.05, 3.63) is 35.9 Å². The number of imide groups is 2. The lowest BCUT2D eigenvalue weighted by Gasteiger charge is -2.43. The van der Waals surface area contributed by atoms with Crippen molar-refractivity contribution < 1.29 is 14.4 Å². The standard InChI is InChI=1S/C16H20N2O3S2/c1-4-16(12-8-6-5-7-9-12)13(19)17(10-22-2)15(21)18(11-23-3)14(16)20/h5-9H,4,10-11H2,1-3H3. The highest BCUT2D eigenvalue weighted by Crippen LogP contribution is 2.37. The van der Waals surface area contributed by atoms with Crippen molar-refractivity contribution in [2.75, 3.05) is 24.3 Å². The SMILES string of the molecule is CCC1(c2ccccc2)C(=O)N(CSC)C(=O)N(CSC)C1=O. The number of rotatable bonds is 6. The molecule has 1 aromatic carbocycles. The van der Waals surface area contributed by atoms with Crippen molar-refractivity contribution in [3.8, 4) is 0 Å². The number of urea groups is 1. The topological polar surface area (TPSA) is 57.7 Å². The number of thioether (sulfide) groups is 2. The second-order valence-electron chi connectivity index (χ2n) is 5.21. The van der Waals surface area contributed by atoms with Gasteiger partial charge < -0.3 is 0 Å². The lowest BCUT2D eigenvalue weighted by atomic mass is 9.74. The molecule has 0 bridgehead atoms. The van der Waals surface area contributed by atoms with Crippen LogP contribution in [-0.4, -0.2) is 51.9 Å². The maximum absolute atomic E-state index is 13.1. The van der Waals surface area contributed by atoms with Gasteiger partial charge in [-0.25, -0.2) is 4.79 Å². The molecular formula is C16H20N2O3S2. The molecule has 1 aliphatic rings. The lowest BCUT2D eigenvalue weighted by molar-refractivity contribution is -0.151. The molecule has 7 heteroatoms. The Morgan fingerprint density at radius 3 is 1.78 bits per heavy atom. The first-order valence-corrected chi connectivity index (χ1v) is 10.0. The average Bonchev–Trinajstić information content (AvgIpc) is 2.57. The zero-order chi connectivity index (χ0) is 17.0. The third-order valence-corrected chi connectivity index (χ3v) is 5.03. The van der Waals surface area contributed by atoms with Crippen LogP contribution in [0.3, 0.4) is 0 Å². The highest BCUT2D eigenvalue weighted by Gasteiger charge is 2.57. The summed E-state index contributed by atoms with van der Waals surface area (Å²) in [6, 6.07) is 8.49. The molecule has 0 saturated carbocycles. The molecule has 0 aliphatic carbocycles. The quantitative estimate of drug-likeness (QED) is 0.737. The Kier molecular flexibility index (Phi) is 5.75. The summed E-state index contributed by atoms with van der Waals surface area (Å²) in [6.07, 6.45) is 3.97. The Bertz CT molecular complexity index is 579. The van der Waals surface area contributed by atoms with Crippen molar-refractivity contribution >= 4 is 41.4 Å². The fraction of sp³-hybridized carbons (Fsp3) is 0.438. The van der Waals surface area contributed by atoms with E-state index in [4.69, 9.17) is 0 Å². The number of hydrogen-bond acceptors (Lipinski definition) is 5. The third-order valence-electron chi connectivity index (χ3n) is 4.00. The van der Waals surface area contributed by atoms with Crippen LogP contribution in [0.15, 0.2) is 30.3 Å². The molecule has 0 atom stereocenters. The van der Waals surface area contributed by atoms with E-state index in [1.165, 1.54) is 33.3 Å². The van der Waals surface area contributed by atoms with Crippen LogP contribution in [-0.2, 0) is 15.0 Å². The largest absolute Gasteiger partial charge is 0.334 e. The molecule has 1 aliphatic heterocycles. The number of carbonyl (C=O) groups is 3. The molecule has 0 spiro atoms. The minimum absolute atomic E-state index is 0.240. The van der Waals surface area contributed by atoms with Gasteiger partial charge in [0.25, 0.3) is 11.8 Å².